The fraction of sp³-hybridized carbons (Fsp3) is 0.294. The van der Waals surface area contributed by atoms with Crippen molar-refractivity contribution in [3.63, 3.8) is 0 Å². The largest absolute Gasteiger partial charge is 0.314 e. The number of benzene rings is 1. The summed E-state index contributed by atoms with van der Waals surface area (Å²) >= 11 is 6.90. The minimum Gasteiger partial charge on any atom is -0.314 e. The molecule has 4 rings (SSSR count). The van der Waals surface area contributed by atoms with E-state index >= 15 is 0 Å². The quantitative estimate of drug-likeness (QED) is 0.718. The zero-order chi connectivity index (χ0) is 16.6. The molecular formula is C17H17BrClN3OS2. The molecule has 2 aliphatic heterocycles. The molecule has 8 heteroatoms. The van der Waals surface area contributed by atoms with Gasteiger partial charge in [0, 0.05) is 45.1 Å². The number of halogens is 2. The first-order valence-corrected chi connectivity index (χ1v) is 10.4. The normalized spacial score (nSPS) is 24.8. The van der Waals surface area contributed by atoms with E-state index in [1.807, 2.05) is 30.3 Å². The minimum atomic E-state index is -0.263. The number of fused-ring (bicyclic) bond motifs is 1. The number of thioether (sulfide) groups is 1. The number of amidine groups is 1. The Bertz CT molecular complexity index is 798. The Morgan fingerprint density at radius 2 is 2.16 bits per heavy atom. The van der Waals surface area contributed by atoms with Gasteiger partial charge in [-0.05, 0) is 34.1 Å². The van der Waals surface area contributed by atoms with Gasteiger partial charge in [-0.2, -0.15) is 0 Å². The fourth-order valence-electron chi connectivity index (χ4n) is 3.18. The second-order valence-corrected chi connectivity index (χ2v) is 8.76. The van der Waals surface area contributed by atoms with Gasteiger partial charge in [0.2, 0.25) is 0 Å². The van der Waals surface area contributed by atoms with Gasteiger partial charge < -0.3 is 10.6 Å². The average Bonchev–Trinajstić information content (AvgIpc) is 3.22. The molecule has 2 N–H and O–H groups in total. The Kier molecular flexibility index (Phi) is 5.90. The van der Waals surface area contributed by atoms with Crippen molar-refractivity contribution in [2.75, 3.05) is 18.8 Å². The van der Waals surface area contributed by atoms with Crippen molar-refractivity contribution in [1.82, 2.24) is 10.6 Å². The van der Waals surface area contributed by atoms with E-state index in [0.717, 1.165) is 23.3 Å². The molecule has 0 saturated carbocycles. The molecule has 2 atom stereocenters. The lowest BCUT2D eigenvalue weighted by atomic mass is 9.87. The summed E-state index contributed by atoms with van der Waals surface area (Å²) < 4.78 is 1.09. The fourth-order valence-corrected chi connectivity index (χ4v) is 5.97. The Labute approximate surface area is 169 Å². The zero-order valence-corrected chi connectivity index (χ0v) is 17.2. The Hall–Kier alpha value is -0.860. The number of rotatable bonds is 2. The summed E-state index contributed by atoms with van der Waals surface area (Å²) in [7, 11) is 0. The number of amides is 1. The summed E-state index contributed by atoms with van der Waals surface area (Å²) in [5.41, 5.74) is 0.390. The number of carbonyl (C=O) groups is 1. The van der Waals surface area contributed by atoms with Gasteiger partial charge in [-0.25, -0.2) is 4.99 Å². The highest BCUT2D eigenvalue weighted by Gasteiger charge is 2.48. The van der Waals surface area contributed by atoms with Crippen molar-refractivity contribution in [3.05, 3.63) is 56.7 Å². The van der Waals surface area contributed by atoms with Crippen LogP contribution in [0.2, 0.25) is 0 Å². The van der Waals surface area contributed by atoms with Crippen LogP contribution in [0, 0.1) is 5.92 Å². The van der Waals surface area contributed by atoms with Gasteiger partial charge in [0.1, 0.15) is 5.54 Å². The average molecular weight is 459 g/mol. The molecule has 25 heavy (non-hydrogen) atoms. The van der Waals surface area contributed by atoms with E-state index in [4.69, 9.17) is 4.99 Å². The summed E-state index contributed by atoms with van der Waals surface area (Å²) in [4.78, 5) is 18.7. The lowest BCUT2D eigenvalue weighted by Crippen LogP contribution is -2.42. The highest BCUT2D eigenvalue weighted by Crippen LogP contribution is 2.45. The third-order valence-electron chi connectivity index (χ3n) is 4.43. The molecule has 1 amide bonds. The predicted molar refractivity (Wildman–Crippen MR) is 111 cm³/mol. The Morgan fingerprint density at radius 1 is 1.36 bits per heavy atom. The molecule has 0 radical (unpaired) electrons. The first-order valence-electron chi connectivity index (χ1n) is 7.72. The van der Waals surface area contributed by atoms with Crippen LogP contribution in [0.1, 0.15) is 15.2 Å². The molecule has 3 heterocycles. The third-order valence-corrected chi connectivity index (χ3v) is 7.33. The van der Waals surface area contributed by atoms with E-state index in [2.05, 4.69) is 38.0 Å². The summed E-state index contributed by atoms with van der Waals surface area (Å²) in [5, 5.41) is 9.28. The molecule has 1 saturated heterocycles. The van der Waals surface area contributed by atoms with Crippen molar-refractivity contribution >= 4 is 62.5 Å². The SMILES string of the molecule is Cl.O=C(NC1=NC2(c3cc(Br)cs3)CNCC2CS1)c1ccccc1. The van der Waals surface area contributed by atoms with Gasteiger partial charge in [0.25, 0.3) is 5.91 Å². The second kappa shape index (κ2) is 7.80. The highest BCUT2D eigenvalue weighted by atomic mass is 79.9. The van der Waals surface area contributed by atoms with Gasteiger partial charge in [-0.3, -0.25) is 4.79 Å². The topological polar surface area (TPSA) is 53.5 Å². The molecule has 0 aliphatic carbocycles. The number of hydrogen-bond donors (Lipinski definition) is 2. The third kappa shape index (κ3) is 3.66. The zero-order valence-electron chi connectivity index (χ0n) is 13.2. The van der Waals surface area contributed by atoms with E-state index < -0.39 is 0 Å². The maximum Gasteiger partial charge on any atom is 0.257 e. The number of nitrogens with one attached hydrogen (secondary N) is 2. The van der Waals surface area contributed by atoms with E-state index in [1.54, 1.807) is 23.1 Å². The van der Waals surface area contributed by atoms with E-state index in [0.29, 0.717) is 16.6 Å². The molecule has 1 aromatic heterocycles. The molecule has 1 aromatic carbocycles. The number of thiophene rings is 1. The number of aliphatic imine (C=N–C) groups is 1. The Balaban J connectivity index is 0.00000182. The first-order chi connectivity index (χ1) is 11.7. The molecule has 2 unspecified atom stereocenters. The molecule has 0 spiro atoms. The van der Waals surface area contributed by atoms with Crippen LogP contribution in [0.3, 0.4) is 0 Å². The molecule has 0 bridgehead atoms. The van der Waals surface area contributed by atoms with Crippen molar-refractivity contribution in [2.24, 2.45) is 10.9 Å². The van der Waals surface area contributed by atoms with Gasteiger partial charge >= 0.3 is 0 Å². The Morgan fingerprint density at radius 3 is 2.88 bits per heavy atom. The maximum absolute atomic E-state index is 12.4. The van der Waals surface area contributed by atoms with Gasteiger partial charge in [0.15, 0.2) is 5.17 Å². The lowest BCUT2D eigenvalue weighted by molar-refractivity contribution is 0.0977. The molecule has 2 aromatic rings. The van der Waals surface area contributed by atoms with Crippen LogP contribution in [-0.2, 0) is 5.54 Å². The summed E-state index contributed by atoms with van der Waals surface area (Å²) in [6.07, 6.45) is 0. The van der Waals surface area contributed by atoms with E-state index in [-0.39, 0.29) is 23.9 Å². The van der Waals surface area contributed by atoms with E-state index in [9.17, 15) is 4.79 Å². The van der Waals surface area contributed by atoms with Crippen molar-refractivity contribution in [2.45, 2.75) is 5.54 Å². The van der Waals surface area contributed by atoms with Crippen LogP contribution in [0.5, 0.6) is 0 Å². The molecule has 4 nitrogen and oxygen atoms in total. The summed E-state index contributed by atoms with van der Waals surface area (Å²) in [5.74, 6) is 1.30. The predicted octanol–water partition coefficient (Wildman–Crippen LogP) is 3.88. The smallest absolute Gasteiger partial charge is 0.257 e. The molecule has 132 valence electrons. The van der Waals surface area contributed by atoms with Crippen LogP contribution < -0.4 is 10.6 Å². The molecule has 1 fully saturated rings. The number of hydrogen-bond acceptors (Lipinski definition) is 5. The first kappa shape index (κ1) is 18.9. The van der Waals surface area contributed by atoms with Gasteiger partial charge in [-0.15, -0.1) is 23.7 Å². The van der Waals surface area contributed by atoms with Crippen LogP contribution in [0.4, 0.5) is 0 Å². The lowest BCUT2D eigenvalue weighted by Gasteiger charge is -2.34. The van der Waals surface area contributed by atoms with Crippen LogP contribution in [0.15, 0.2) is 51.2 Å². The molecule has 2 aliphatic rings. The summed E-state index contributed by atoms with van der Waals surface area (Å²) in [6, 6.07) is 11.4. The van der Waals surface area contributed by atoms with Crippen molar-refractivity contribution < 1.29 is 4.79 Å². The molecular weight excluding hydrogens is 442 g/mol. The van der Waals surface area contributed by atoms with Crippen LogP contribution in [-0.4, -0.2) is 29.9 Å². The van der Waals surface area contributed by atoms with Gasteiger partial charge in [0.05, 0.1) is 0 Å². The summed E-state index contributed by atoms with van der Waals surface area (Å²) in [6.45, 7) is 1.78. The van der Waals surface area contributed by atoms with Crippen molar-refractivity contribution in [1.29, 1.82) is 0 Å². The van der Waals surface area contributed by atoms with Crippen molar-refractivity contribution in [3.8, 4) is 0 Å². The number of carbonyl (C=O) groups excluding carboxylic acids is 1. The second-order valence-electron chi connectivity index (χ2n) is 5.93. The monoisotopic (exact) mass is 457 g/mol. The number of nitrogens with zero attached hydrogens (tertiary/aromatic N) is 1. The van der Waals surface area contributed by atoms with Gasteiger partial charge in [-0.1, -0.05) is 30.0 Å². The highest BCUT2D eigenvalue weighted by molar-refractivity contribution is 9.10. The minimum absolute atomic E-state index is 0. The maximum atomic E-state index is 12.4. The van der Waals surface area contributed by atoms with E-state index in [1.165, 1.54) is 4.88 Å². The van der Waals surface area contributed by atoms with Crippen LogP contribution >= 0.6 is 51.4 Å². The van der Waals surface area contributed by atoms with Crippen LogP contribution in [0.25, 0.3) is 0 Å². The standard InChI is InChI=1S/C17H16BrN3OS2.ClH/c18-13-6-14(23-9-13)17-10-19-7-12(17)8-24-16(21-17)20-15(22)11-4-2-1-3-5-11;/h1-6,9,12,19H,7-8,10H2,(H,20,21,22);1H.